The fourth-order valence-corrected chi connectivity index (χ4v) is 2.77. The number of hydrogen-bond donors (Lipinski definition) is 1. The van der Waals surface area contributed by atoms with E-state index >= 15 is 0 Å². The first kappa shape index (κ1) is 18.1. The molecule has 0 unspecified atom stereocenters. The summed E-state index contributed by atoms with van der Waals surface area (Å²) in [7, 11) is 0. The largest absolute Gasteiger partial charge is 0.490 e. The number of aromatic nitrogens is 2. The lowest BCUT2D eigenvalue weighted by molar-refractivity contribution is -0.115. The maximum absolute atomic E-state index is 12.3. The van der Waals surface area contributed by atoms with Crippen molar-refractivity contribution in [3.05, 3.63) is 53.4 Å². The third-order valence-corrected chi connectivity index (χ3v) is 3.86. The average Bonchev–Trinajstić information content (AvgIpc) is 2.98. The highest BCUT2D eigenvalue weighted by atomic mass is 35.5. The van der Waals surface area contributed by atoms with Crippen molar-refractivity contribution >= 4 is 28.8 Å². The van der Waals surface area contributed by atoms with Gasteiger partial charge < -0.3 is 19.2 Å². The number of ether oxygens (including phenoxy) is 2. The second-order valence-electron chi connectivity index (χ2n) is 5.60. The fraction of sp³-hybridized carbons (Fsp3) is 0.263. The highest BCUT2D eigenvalue weighted by Crippen LogP contribution is 2.30. The van der Waals surface area contributed by atoms with Gasteiger partial charge in [-0.3, -0.25) is 4.79 Å². The van der Waals surface area contributed by atoms with Crippen LogP contribution in [0.3, 0.4) is 0 Å². The quantitative estimate of drug-likeness (QED) is 0.680. The number of rotatable bonds is 7. The Morgan fingerprint density at radius 3 is 2.65 bits per heavy atom. The van der Waals surface area contributed by atoms with Gasteiger partial charge in [-0.25, -0.2) is 4.98 Å². The van der Waals surface area contributed by atoms with Gasteiger partial charge in [0.2, 0.25) is 5.91 Å². The zero-order valence-electron chi connectivity index (χ0n) is 14.7. The highest BCUT2D eigenvalue weighted by molar-refractivity contribution is 6.30. The molecule has 0 radical (unpaired) electrons. The molecule has 0 bridgehead atoms. The van der Waals surface area contributed by atoms with Crippen LogP contribution in [-0.4, -0.2) is 28.5 Å². The van der Waals surface area contributed by atoms with Gasteiger partial charge >= 0.3 is 0 Å². The number of fused-ring (bicyclic) bond motifs is 1. The van der Waals surface area contributed by atoms with Gasteiger partial charge in [-0.05, 0) is 38.1 Å². The Kier molecular flexibility index (Phi) is 5.63. The van der Waals surface area contributed by atoms with Gasteiger partial charge in [0.05, 0.1) is 30.4 Å². The molecule has 1 N–H and O–H groups in total. The Morgan fingerprint density at radius 1 is 1.12 bits per heavy atom. The zero-order chi connectivity index (χ0) is 18.5. The second kappa shape index (κ2) is 8.10. The van der Waals surface area contributed by atoms with E-state index in [9.17, 15) is 4.79 Å². The SMILES string of the molecule is CCOc1ccc(NC(=O)Cc2cn3cc(Cl)ccc3n2)cc1OCC. The molecule has 2 aromatic heterocycles. The van der Waals surface area contributed by atoms with Crippen molar-refractivity contribution in [2.45, 2.75) is 20.3 Å². The summed E-state index contributed by atoms with van der Waals surface area (Å²) in [6.45, 7) is 4.87. The van der Waals surface area contributed by atoms with E-state index in [0.29, 0.717) is 41.1 Å². The molecule has 1 aromatic carbocycles. The number of benzene rings is 1. The predicted molar refractivity (Wildman–Crippen MR) is 101 cm³/mol. The van der Waals surface area contributed by atoms with Crippen molar-refractivity contribution in [1.82, 2.24) is 9.38 Å². The van der Waals surface area contributed by atoms with Crippen LogP contribution in [0.1, 0.15) is 19.5 Å². The van der Waals surface area contributed by atoms with Crippen molar-refractivity contribution < 1.29 is 14.3 Å². The summed E-state index contributed by atoms with van der Waals surface area (Å²) in [6.07, 6.45) is 3.72. The first-order valence-electron chi connectivity index (χ1n) is 8.41. The van der Waals surface area contributed by atoms with Crippen LogP contribution in [0.15, 0.2) is 42.7 Å². The number of nitrogens with one attached hydrogen (secondary N) is 1. The van der Waals surface area contributed by atoms with E-state index in [1.807, 2.05) is 19.9 Å². The van der Waals surface area contributed by atoms with Crippen LogP contribution in [0, 0.1) is 0 Å². The Bertz CT molecular complexity index is 924. The number of hydrogen-bond acceptors (Lipinski definition) is 4. The Balaban J connectivity index is 1.71. The first-order chi connectivity index (χ1) is 12.6. The van der Waals surface area contributed by atoms with E-state index < -0.39 is 0 Å². The molecule has 2 heterocycles. The molecule has 0 aliphatic carbocycles. The number of anilines is 1. The number of halogens is 1. The zero-order valence-corrected chi connectivity index (χ0v) is 15.4. The Labute approximate surface area is 156 Å². The third-order valence-electron chi connectivity index (χ3n) is 3.63. The van der Waals surface area contributed by atoms with E-state index in [1.165, 1.54) is 0 Å². The van der Waals surface area contributed by atoms with Crippen molar-refractivity contribution in [2.24, 2.45) is 0 Å². The van der Waals surface area contributed by atoms with E-state index in [4.69, 9.17) is 21.1 Å². The van der Waals surface area contributed by atoms with Gasteiger partial charge in [-0.2, -0.15) is 0 Å². The maximum Gasteiger partial charge on any atom is 0.230 e. The standard InChI is InChI=1S/C19H20ClN3O3/c1-3-25-16-7-6-14(9-17(16)26-4-2)22-19(24)10-15-12-23-11-13(20)5-8-18(23)21-15/h5-9,11-12H,3-4,10H2,1-2H3,(H,22,24). The van der Waals surface area contributed by atoms with Crippen LogP contribution >= 0.6 is 11.6 Å². The van der Waals surface area contributed by atoms with Crippen molar-refractivity contribution in [3.63, 3.8) is 0 Å². The second-order valence-corrected chi connectivity index (χ2v) is 6.03. The van der Waals surface area contributed by atoms with Gasteiger partial charge in [0, 0.05) is 24.1 Å². The number of imidazole rings is 1. The molecule has 1 amide bonds. The van der Waals surface area contributed by atoms with E-state index in [-0.39, 0.29) is 12.3 Å². The minimum Gasteiger partial charge on any atom is -0.490 e. The molecule has 0 aliphatic heterocycles. The van der Waals surface area contributed by atoms with E-state index in [1.54, 1.807) is 41.1 Å². The summed E-state index contributed by atoms with van der Waals surface area (Å²) in [5.74, 6) is 1.10. The smallest absolute Gasteiger partial charge is 0.230 e. The van der Waals surface area contributed by atoms with Gasteiger partial charge in [0.1, 0.15) is 5.65 Å². The number of amides is 1. The highest BCUT2D eigenvalue weighted by Gasteiger charge is 2.11. The summed E-state index contributed by atoms with van der Waals surface area (Å²) < 4.78 is 12.9. The monoisotopic (exact) mass is 373 g/mol. The van der Waals surface area contributed by atoms with E-state index in [0.717, 1.165) is 5.65 Å². The van der Waals surface area contributed by atoms with Gasteiger partial charge in [0.25, 0.3) is 0 Å². The van der Waals surface area contributed by atoms with Crippen LogP contribution in [0.4, 0.5) is 5.69 Å². The van der Waals surface area contributed by atoms with Crippen molar-refractivity contribution in [2.75, 3.05) is 18.5 Å². The molecule has 0 aliphatic rings. The van der Waals surface area contributed by atoms with Crippen LogP contribution in [0.2, 0.25) is 5.02 Å². The summed E-state index contributed by atoms with van der Waals surface area (Å²) in [4.78, 5) is 16.8. The molecule has 26 heavy (non-hydrogen) atoms. The number of carbonyl (C=O) groups is 1. The topological polar surface area (TPSA) is 64.9 Å². The number of pyridine rings is 1. The predicted octanol–water partition coefficient (Wildman–Crippen LogP) is 3.97. The number of carbonyl (C=O) groups excluding carboxylic acids is 1. The molecule has 3 aromatic rings. The van der Waals surface area contributed by atoms with Gasteiger partial charge in [-0.1, -0.05) is 11.6 Å². The molecule has 136 valence electrons. The van der Waals surface area contributed by atoms with Crippen LogP contribution < -0.4 is 14.8 Å². The molecule has 0 saturated carbocycles. The molecule has 0 saturated heterocycles. The summed E-state index contributed by atoms with van der Waals surface area (Å²) >= 11 is 5.97. The molecule has 7 heteroatoms. The van der Waals surface area contributed by atoms with Gasteiger partial charge in [0.15, 0.2) is 11.5 Å². The average molecular weight is 374 g/mol. The fourth-order valence-electron chi connectivity index (χ4n) is 2.60. The summed E-state index contributed by atoms with van der Waals surface area (Å²) in [5.41, 5.74) is 2.06. The maximum atomic E-state index is 12.3. The summed E-state index contributed by atoms with van der Waals surface area (Å²) in [5, 5.41) is 3.48. The molecular formula is C19H20ClN3O3. The van der Waals surface area contributed by atoms with Gasteiger partial charge in [-0.15, -0.1) is 0 Å². The first-order valence-corrected chi connectivity index (χ1v) is 8.79. The lowest BCUT2D eigenvalue weighted by Crippen LogP contribution is -2.14. The molecule has 6 nitrogen and oxygen atoms in total. The Morgan fingerprint density at radius 2 is 1.88 bits per heavy atom. The van der Waals surface area contributed by atoms with Crippen LogP contribution in [0.25, 0.3) is 5.65 Å². The molecule has 0 fully saturated rings. The molecule has 3 rings (SSSR count). The van der Waals surface area contributed by atoms with Crippen LogP contribution in [0.5, 0.6) is 11.5 Å². The van der Waals surface area contributed by atoms with E-state index in [2.05, 4.69) is 10.3 Å². The lowest BCUT2D eigenvalue weighted by atomic mass is 10.2. The Hall–Kier alpha value is -2.73. The number of nitrogens with zero attached hydrogens (tertiary/aromatic N) is 2. The molecule has 0 atom stereocenters. The minimum atomic E-state index is -0.161. The normalized spacial score (nSPS) is 10.7. The minimum absolute atomic E-state index is 0.161. The molecule has 0 spiro atoms. The third kappa shape index (κ3) is 4.26. The lowest BCUT2D eigenvalue weighted by Gasteiger charge is -2.12. The molecular weight excluding hydrogens is 354 g/mol. The summed E-state index contributed by atoms with van der Waals surface area (Å²) in [6, 6.07) is 8.91. The van der Waals surface area contributed by atoms with Crippen LogP contribution in [-0.2, 0) is 11.2 Å². The van der Waals surface area contributed by atoms with Crippen molar-refractivity contribution in [3.8, 4) is 11.5 Å². The van der Waals surface area contributed by atoms with Crippen molar-refractivity contribution in [1.29, 1.82) is 0 Å².